The highest BCUT2D eigenvalue weighted by Gasteiger charge is 2.18. The van der Waals surface area contributed by atoms with Gasteiger partial charge in [0.25, 0.3) is 5.91 Å². The highest BCUT2D eigenvalue weighted by Crippen LogP contribution is 2.18. The van der Waals surface area contributed by atoms with Crippen LogP contribution in [0.1, 0.15) is 49.5 Å². The van der Waals surface area contributed by atoms with Gasteiger partial charge in [-0.2, -0.15) is 0 Å². The summed E-state index contributed by atoms with van der Waals surface area (Å²) in [6.45, 7) is 10.1. The summed E-state index contributed by atoms with van der Waals surface area (Å²) in [5.41, 5.74) is 2.89. The quantitative estimate of drug-likeness (QED) is 0.818. The molecule has 0 aliphatic carbocycles. The molecule has 0 saturated carbocycles. The van der Waals surface area contributed by atoms with Crippen molar-refractivity contribution in [1.29, 1.82) is 0 Å². The molecule has 0 saturated heterocycles. The molecule has 1 aromatic carbocycles. The number of carbonyl (C=O) groups is 1. The first-order valence-electron chi connectivity index (χ1n) is 7.64. The van der Waals surface area contributed by atoms with Crippen LogP contribution in [0.4, 0.5) is 5.69 Å². The second-order valence-electron chi connectivity index (χ2n) is 5.31. The maximum atomic E-state index is 12.7. The Morgan fingerprint density at radius 2 is 1.90 bits per heavy atom. The molecule has 1 N–H and O–H groups in total. The maximum Gasteiger partial charge on any atom is 0.254 e. The zero-order valence-corrected chi connectivity index (χ0v) is 13.5. The Bertz CT molecular complexity index is 439. The predicted molar refractivity (Wildman–Crippen MR) is 86.4 cm³/mol. The summed E-state index contributed by atoms with van der Waals surface area (Å²) in [5.74, 6) is 0.746. The molecule has 112 valence electrons. The van der Waals surface area contributed by atoms with E-state index in [0.29, 0.717) is 5.92 Å². The Kier molecular flexibility index (Phi) is 6.56. The minimum Gasteiger partial charge on any atom is -0.388 e. The molecule has 0 radical (unpaired) electrons. The number of hydrogen-bond acceptors (Lipinski definition) is 2. The first-order valence-corrected chi connectivity index (χ1v) is 7.64. The Balaban J connectivity index is 2.90. The van der Waals surface area contributed by atoms with Gasteiger partial charge in [-0.3, -0.25) is 4.79 Å². The third-order valence-electron chi connectivity index (χ3n) is 4.05. The van der Waals surface area contributed by atoms with Crippen LogP contribution in [-0.4, -0.2) is 30.9 Å². The molecule has 0 aliphatic heterocycles. The zero-order valence-electron chi connectivity index (χ0n) is 13.5. The molecule has 0 unspecified atom stereocenters. The minimum absolute atomic E-state index is 0.152. The predicted octanol–water partition coefficient (Wildman–Crippen LogP) is 3.94. The smallest absolute Gasteiger partial charge is 0.254 e. The molecular formula is C17H28N2O. The second-order valence-corrected chi connectivity index (χ2v) is 5.31. The lowest BCUT2D eigenvalue weighted by atomic mass is 10.0. The molecule has 0 bridgehead atoms. The Labute approximate surface area is 123 Å². The first kappa shape index (κ1) is 16.5. The Morgan fingerprint density at radius 1 is 1.25 bits per heavy atom. The van der Waals surface area contributed by atoms with Crippen LogP contribution in [0.25, 0.3) is 0 Å². The van der Waals surface area contributed by atoms with E-state index in [0.717, 1.165) is 42.7 Å². The largest absolute Gasteiger partial charge is 0.388 e. The molecule has 20 heavy (non-hydrogen) atoms. The van der Waals surface area contributed by atoms with E-state index in [1.54, 1.807) is 0 Å². The molecule has 0 fully saturated rings. The number of nitrogens with zero attached hydrogens (tertiary/aromatic N) is 1. The van der Waals surface area contributed by atoms with Gasteiger partial charge >= 0.3 is 0 Å². The van der Waals surface area contributed by atoms with Crippen LogP contribution in [0.15, 0.2) is 18.2 Å². The molecule has 3 heteroatoms. The van der Waals surface area contributed by atoms with Crippen LogP contribution in [-0.2, 0) is 0 Å². The lowest BCUT2D eigenvalue weighted by molar-refractivity contribution is 0.0734. The van der Waals surface area contributed by atoms with Gasteiger partial charge in [-0.1, -0.05) is 26.7 Å². The van der Waals surface area contributed by atoms with E-state index in [4.69, 9.17) is 0 Å². The van der Waals surface area contributed by atoms with E-state index in [1.807, 2.05) is 37.1 Å². The molecular weight excluding hydrogens is 248 g/mol. The summed E-state index contributed by atoms with van der Waals surface area (Å²) in [6, 6.07) is 5.92. The van der Waals surface area contributed by atoms with Crippen LogP contribution in [0.3, 0.4) is 0 Å². The molecule has 0 atom stereocenters. The molecule has 0 spiro atoms. The van der Waals surface area contributed by atoms with Crippen molar-refractivity contribution in [3.63, 3.8) is 0 Å². The Hall–Kier alpha value is -1.51. The van der Waals surface area contributed by atoms with Crippen LogP contribution in [0, 0.1) is 12.8 Å². The fourth-order valence-corrected chi connectivity index (χ4v) is 2.44. The van der Waals surface area contributed by atoms with Gasteiger partial charge in [0.15, 0.2) is 0 Å². The molecule has 1 rings (SSSR count). The molecule has 1 amide bonds. The number of nitrogens with one attached hydrogen (secondary N) is 1. The summed E-state index contributed by atoms with van der Waals surface area (Å²) >= 11 is 0. The van der Waals surface area contributed by atoms with Crippen molar-refractivity contribution in [2.45, 2.75) is 40.5 Å². The van der Waals surface area contributed by atoms with Crippen molar-refractivity contribution in [2.24, 2.45) is 5.92 Å². The summed E-state index contributed by atoms with van der Waals surface area (Å²) in [6.07, 6.45) is 2.25. The second kappa shape index (κ2) is 7.93. The normalized spacial score (nSPS) is 10.7. The number of aryl methyl sites for hydroxylation is 1. The molecule has 1 aromatic rings. The van der Waals surface area contributed by atoms with Crippen LogP contribution >= 0.6 is 0 Å². The molecule has 0 heterocycles. The van der Waals surface area contributed by atoms with Gasteiger partial charge in [-0.05, 0) is 43.5 Å². The molecule has 0 aliphatic rings. The van der Waals surface area contributed by atoms with Crippen molar-refractivity contribution >= 4 is 11.6 Å². The first-order chi connectivity index (χ1) is 9.57. The van der Waals surface area contributed by atoms with E-state index in [1.165, 1.54) is 0 Å². The highest BCUT2D eigenvalue weighted by atomic mass is 16.2. The third-order valence-corrected chi connectivity index (χ3v) is 4.05. The summed E-state index contributed by atoms with van der Waals surface area (Å²) in [5, 5.41) is 3.10. The van der Waals surface area contributed by atoms with E-state index in [9.17, 15) is 4.79 Å². The van der Waals surface area contributed by atoms with E-state index in [2.05, 4.69) is 26.1 Å². The number of hydrogen-bond donors (Lipinski definition) is 1. The Morgan fingerprint density at radius 3 is 2.35 bits per heavy atom. The highest BCUT2D eigenvalue weighted by molar-refractivity contribution is 5.96. The average molecular weight is 276 g/mol. The maximum absolute atomic E-state index is 12.7. The number of benzene rings is 1. The van der Waals surface area contributed by atoms with E-state index < -0.39 is 0 Å². The molecule has 3 nitrogen and oxygen atoms in total. The monoisotopic (exact) mass is 276 g/mol. The third kappa shape index (κ3) is 3.99. The summed E-state index contributed by atoms with van der Waals surface area (Å²) in [7, 11) is 1.89. The van der Waals surface area contributed by atoms with Crippen molar-refractivity contribution in [3.8, 4) is 0 Å². The van der Waals surface area contributed by atoms with Crippen molar-refractivity contribution in [3.05, 3.63) is 29.3 Å². The van der Waals surface area contributed by atoms with E-state index in [-0.39, 0.29) is 5.91 Å². The van der Waals surface area contributed by atoms with Crippen LogP contribution in [0.5, 0.6) is 0 Å². The lowest BCUT2D eigenvalue weighted by Gasteiger charge is -2.26. The number of carbonyl (C=O) groups excluding carboxylic acids is 1. The van der Waals surface area contributed by atoms with E-state index >= 15 is 0 Å². The molecule has 0 aromatic heterocycles. The van der Waals surface area contributed by atoms with Gasteiger partial charge < -0.3 is 10.2 Å². The van der Waals surface area contributed by atoms with Gasteiger partial charge in [-0.15, -0.1) is 0 Å². The number of amides is 1. The minimum atomic E-state index is 0.152. The van der Waals surface area contributed by atoms with Crippen molar-refractivity contribution < 1.29 is 4.79 Å². The van der Waals surface area contributed by atoms with Gasteiger partial charge in [0.1, 0.15) is 0 Å². The topological polar surface area (TPSA) is 32.3 Å². The average Bonchev–Trinajstić information content (AvgIpc) is 2.47. The summed E-state index contributed by atoms with van der Waals surface area (Å²) < 4.78 is 0. The van der Waals surface area contributed by atoms with Crippen molar-refractivity contribution in [1.82, 2.24) is 4.90 Å². The fourth-order valence-electron chi connectivity index (χ4n) is 2.44. The fraction of sp³-hybridized carbons (Fsp3) is 0.588. The van der Waals surface area contributed by atoms with Gasteiger partial charge in [0.05, 0.1) is 0 Å². The van der Waals surface area contributed by atoms with Crippen LogP contribution < -0.4 is 5.32 Å². The van der Waals surface area contributed by atoms with Gasteiger partial charge in [0.2, 0.25) is 0 Å². The SMILES string of the molecule is CCC(CC)CN(CC)C(=O)c1ccc(NC)cc1C. The summed E-state index contributed by atoms with van der Waals surface area (Å²) in [4.78, 5) is 14.6. The van der Waals surface area contributed by atoms with Crippen molar-refractivity contribution in [2.75, 3.05) is 25.5 Å². The number of rotatable bonds is 7. The van der Waals surface area contributed by atoms with Gasteiger partial charge in [-0.25, -0.2) is 0 Å². The lowest BCUT2D eigenvalue weighted by Crippen LogP contribution is -2.35. The van der Waals surface area contributed by atoms with Gasteiger partial charge in [0, 0.05) is 31.4 Å². The zero-order chi connectivity index (χ0) is 15.1. The number of anilines is 1. The van der Waals surface area contributed by atoms with Crippen LogP contribution in [0.2, 0.25) is 0 Å². The standard InChI is InChI=1S/C17H28N2O/c1-6-14(7-2)12-19(8-3)17(20)16-10-9-15(18-5)11-13(16)4/h9-11,14,18H,6-8,12H2,1-5H3.